The largest absolute Gasteiger partial charge is 0.353 e. The lowest BCUT2D eigenvalue weighted by molar-refractivity contribution is -0.137. The van der Waals surface area contributed by atoms with E-state index < -0.39 is 0 Å². The van der Waals surface area contributed by atoms with Gasteiger partial charge in [-0.05, 0) is 28.7 Å². The van der Waals surface area contributed by atoms with E-state index in [2.05, 4.69) is 72.8 Å². The van der Waals surface area contributed by atoms with Crippen molar-refractivity contribution in [2.24, 2.45) is 0 Å². The first-order valence-electron chi connectivity index (χ1n) is 13.7. The predicted octanol–water partition coefficient (Wildman–Crippen LogP) is 4.23. The summed E-state index contributed by atoms with van der Waals surface area (Å²) in [6.07, 6.45) is 2.61. The number of benzene rings is 2. The lowest BCUT2D eigenvalue weighted by atomic mass is 10.0. The Kier molecular flexibility index (Phi) is 6.79. The maximum atomic E-state index is 12.5. The lowest BCUT2D eigenvalue weighted by Gasteiger charge is -2.35. The minimum absolute atomic E-state index is 0.140. The summed E-state index contributed by atoms with van der Waals surface area (Å²) in [6, 6.07) is 16.8. The maximum absolute atomic E-state index is 12.5. The summed E-state index contributed by atoms with van der Waals surface area (Å²) in [4.78, 5) is 41.4. The number of nitrogens with zero attached hydrogens (tertiary/aromatic N) is 5. The summed E-state index contributed by atoms with van der Waals surface area (Å²) in [5, 5.41) is 5.68. The third-order valence-electron chi connectivity index (χ3n) is 8.28. The van der Waals surface area contributed by atoms with E-state index in [1.54, 1.807) is 17.7 Å². The molecule has 10 heteroatoms. The van der Waals surface area contributed by atoms with Crippen molar-refractivity contribution in [3.63, 3.8) is 0 Å². The van der Waals surface area contributed by atoms with Crippen LogP contribution in [0.5, 0.6) is 0 Å². The van der Waals surface area contributed by atoms with Crippen LogP contribution in [0, 0.1) is 0 Å². The molecule has 2 atom stereocenters. The van der Waals surface area contributed by atoms with Gasteiger partial charge in [0.15, 0.2) is 0 Å². The highest BCUT2D eigenvalue weighted by molar-refractivity contribution is 7.80. The Morgan fingerprint density at radius 3 is 2.65 bits per heavy atom. The van der Waals surface area contributed by atoms with Crippen LogP contribution in [0.2, 0.25) is 0 Å². The second-order valence-electron chi connectivity index (χ2n) is 10.7. The van der Waals surface area contributed by atoms with Gasteiger partial charge < -0.3 is 4.90 Å². The number of amides is 2. The number of thiol groups is 1. The molecule has 0 bridgehead atoms. The first-order valence-corrected chi connectivity index (χ1v) is 15.1. The summed E-state index contributed by atoms with van der Waals surface area (Å²) in [5.41, 5.74) is 6.03. The average Bonchev–Trinajstić information content (AvgIpc) is 3.55. The van der Waals surface area contributed by atoms with Crippen molar-refractivity contribution in [2.45, 2.75) is 37.3 Å². The van der Waals surface area contributed by atoms with E-state index in [4.69, 9.17) is 17.6 Å². The van der Waals surface area contributed by atoms with Gasteiger partial charge in [0.2, 0.25) is 11.8 Å². The van der Waals surface area contributed by atoms with Gasteiger partial charge in [-0.2, -0.15) is 12.6 Å². The van der Waals surface area contributed by atoms with Crippen LogP contribution >= 0.6 is 24.0 Å². The number of piperazine rings is 1. The van der Waals surface area contributed by atoms with Crippen molar-refractivity contribution in [2.75, 3.05) is 31.1 Å². The number of piperidine rings is 1. The standard InChI is InChI=1S/C30H30N6O2S2/c37-25-9-8-24(28(38)33-25)36-16-21-14-19(6-7-22(21)30(36)39)15-34-10-12-35(13-11-34)27-26-23(20-4-2-1-3-5-20)17-40-29(26)32-18-31-27/h1-7,14,17-18,24,30,39H,8-13,15-16H2,(H,33,37,38). The molecule has 0 aliphatic carbocycles. The number of imide groups is 1. The summed E-state index contributed by atoms with van der Waals surface area (Å²) >= 11 is 6.51. The molecule has 0 spiro atoms. The summed E-state index contributed by atoms with van der Waals surface area (Å²) < 4.78 is 0. The van der Waals surface area contributed by atoms with Crippen LogP contribution in [0.15, 0.2) is 60.2 Å². The number of anilines is 1. The Hall–Kier alpha value is -3.31. The third kappa shape index (κ3) is 4.68. The number of carbonyl (C=O) groups excluding carboxylic acids is 2. The van der Waals surface area contributed by atoms with Crippen molar-refractivity contribution in [3.8, 4) is 11.1 Å². The first kappa shape index (κ1) is 25.6. The molecule has 5 heterocycles. The summed E-state index contributed by atoms with van der Waals surface area (Å²) in [7, 11) is 0. The summed E-state index contributed by atoms with van der Waals surface area (Å²) in [6.45, 7) is 5.26. The van der Waals surface area contributed by atoms with Gasteiger partial charge in [0.1, 0.15) is 17.0 Å². The predicted molar refractivity (Wildman–Crippen MR) is 160 cm³/mol. The number of rotatable bonds is 5. The van der Waals surface area contributed by atoms with Crippen LogP contribution in [-0.2, 0) is 22.7 Å². The zero-order valence-corrected chi connectivity index (χ0v) is 23.7. The second-order valence-corrected chi connectivity index (χ2v) is 12.0. The van der Waals surface area contributed by atoms with E-state index in [1.807, 2.05) is 6.07 Å². The average molecular weight is 571 g/mol. The minimum Gasteiger partial charge on any atom is -0.353 e. The number of thiophene rings is 1. The van der Waals surface area contributed by atoms with Crippen LogP contribution in [0.1, 0.15) is 34.9 Å². The van der Waals surface area contributed by atoms with Crippen molar-refractivity contribution < 1.29 is 9.59 Å². The van der Waals surface area contributed by atoms with Crippen molar-refractivity contribution in [3.05, 3.63) is 76.9 Å². The molecule has 2 unspecified atom stereocenters. The molecule has 8 nitrogen and oxygen atoms in total. The molecule has 0 saturated carbocycles. The molecule has 3 aliphatic heterocycles. The van der Waals surface area contributed by atoms with Gasteiger partial charge in [0.05, 0.1) is 16.8 Å². The fourth-order valence-corrected chi connectivity index (χ4v) is 7.60. The Balaban J connectivity index is 1.03. The number of carbonyl (C=O) groups is 2. The van der Waals surface area contributed by atoms with E-state index in [0.29, 0.717) is 19.4 Å². The van der Waals surface area contributed by atoms with Crippen LogP contribution in [0.4, 0.5) is 5.82 Å². The molecular weight excluding hydrogens is 541 g/mol. The monoisotopic (exact) mass is 570 g/mol. The van der Waals surface area contributed by atoms with E-state index in [1.165, 1.54) is 22.3 Å². The van der Waals surface area contributed by atoms with Crippen molar-refractivity contribution in [1.82, 2.24) is 25.1 Å². The SMILES string of the molecule is O=C1CCC(N2Cc3cc(CN4CCN(c5ncnc6scc(-c7ccccc7)c56)CC4)ccc3C2S)C(=O)N1. The molecule has 0 radical (unpaired) electrons. The smallest absolute Gasteiger partial charge is 0.243 e. The van der Waals surface area contributed by atoms with Gasteiger partial charge in [0, 0.05) is 56.6 Å². The number of hydrogen-bond acceptors (Lipinski definition) is 9. The van der Waals surface area contributed by atoms with Crippen LogP contribution < -0.4 is 10.2 Å². The zero-order chi connectivity index (χ0) is 27.2. The molecule has 40 heavy (non-hydrogen) atoms. The van der Waals surface area contributed by atoms with Crippen LogP contribution in [0.3, 0.4) is 0 Å². The molecule has 2 aromatic carbocycles. The van der Waals surface area contributed by atoms with E-state index >= 15 is 0 Å². The normalized spacial score (nSPS) is 22.1. The van der Waals surface area contributed by atoms with Gasteiger partial charge in [-0.15, -0.1) is 11.3 Å². The highest BCUT2D eigenvalue weighted by atomic mass is 32.1. The molecular formula is C30H30N6O2S2. The quantitative estimate of drug-likeness (QED) is 0.275. The van der Waals surface area contributed by atoms with Crippen LogP contribution in [-0.4, -0.2) is 63.8 Å². The lowest BCUT2D eigenvalue weighted by Crippen LogP contribution is -2.51. The van der Waals surface area contributed by atoms with E-state index in [9.17, 15) is 9.59 Å². The molecule has 2 fully saturated rings. The van der Waals surface area contributed by atoms with Crippen molar-refractivity contribution >= 4 is 51.8 Å². The van der Waals surface area contributed by atoms with Gasteiger partial charge in [-0.25, -0.2) is 9.97 Å². The highest BCUT2D eigenvalue weighted by Gasteiger charge is 2.39. The second kappa shape index (κ2) is 10.6. The van der Waals surface area contributed by atoms with Gasteiger partial charge in [-0.1, -0.05) is 48.5 Å². The Morgan fingerprint density at radius 2 is 1.85 bits per heavy atom. The Morgan fingerprint density at radius 1 is 1.02 bits per heavy atom. The fourth-order valence-electron chi connectivity index (χ4n) is 6.19. The first-order chi connectivity index (χ1) is 19.5. The fraction of sp³-hybridized carbons (Fsp3) is 0.333. The molecule has 4 aromatic rings. The van der Waals surface area contributed by atoms with Crippen molar-refractivity contribution in [1.29, 1.82) is 0 Å². The minimum atomic E-state index is -0.317. The number of hydrogen-bond donors (Lipinski definition) is 2. The number of nitrogens with one attached hydrogen (secondary N) is 1. The zero-order valence-electron chi connectivity index (χ0n) is 22.0. The highest BCUT2D eigenvalue weighted by Crippen LogP contribution is 2.40. The maximum Gasteiger partial charge on any atom is 0.243 e. The van der Waals surface area contributed by atoms with Gasteiger partial charge in [-0.3, -0.25) is 24.7 Å². The van der Waals surface area contributed by atoms with E-state index in [0.717, 1.165) is 54.3 Å². The third-order valence-corrected chi connectivity index (χ3v) is 9.74. The topological polar surface area (TPSA) is 81.7 Å². The Bertz CT molecular complexity index is 1580. The van der Waals surface area contributed by atoms with Gasteiger partial charge in [0.25, 0.3) is 0 Å². The number of aromatic nitrogens is 2. The van der Waals surface area contributed by atoms with Crippen LogP contribution in [0.25, 0.3) is 21.3 Å². The molecule has 2 amide bonds. The van der Waals surface area contributed by atoms with E-state index in [-0.39, 0.29) is 23.2 Å². The molecule has 7 rings (SSSR count). The summed E-state index contributed by atoms with van der Waals surface area (Å²) in [5.74, 6) is 0.628. The molecule has 204 valence electrons. The molecule has 2 saturated heterocycles. The Labute approximate surface area is 242 Å². The molecule has 2 aromatic heterocycles. The molecule has 1 N–H and O–H groups in total. The van der Waals surface area contributed by atoms with Gasteiger partial charge >= 0.3 is 0 Å². The number of fused-ring (bicyclic) bond motifs is 2. The molecule has 3 aliphatic rings.